The van der Waals surface area contributed by atoms with Crippen LogP contribution in [0, 0.1) is 0 Å². The first-order chi connectivity index (χ1) is 6.65. The Balaban J connectivity index is 2.68. The van der Waals surface area contributed by atoms with E-state index in [4.69, 9.17) is 5.73 Å². The third kappa shape index (κ3) is 2.77. The Morgan fingerprint density at radius 1 is 1.50 bits per heavy atom. The molecular formula is C9H16N4S. The first-order valence-electron chi connectivity index (χ1n) is 4.44. The topological polar surface area (TPSA) is 55.0 Å². The lowest BCUT2D eigenvalue weighted by Gasteiger charge is -2.23. The minimum Gasteiger partial charge on any atom is -0.396 e. The van der Waals surface area contributed by atoms with E-state index in [1.54, 1.807) is 12.4 Å². The Labute approximate surface area is 88.9 Å². The molecule has 5 heteroatoms. The van der Waals surface area contributed by atoms with Gasteiger partial charge in [-0.15, -0.1) is 0 Å². The van der Waals surface area contributed by atoms with Crippen LogP contribution in [0.4, 0.5) is 11.6 Å². The van der Waals surface area contributed by atoms with E-state index < -0.39 is 0 Å². The lowest BCUT2D eigenvalue weighted by Crippen LogP contribution is -2.32. The molecule has 0 spiro atoms. The Bertz CT molecular complexity index is 275. The molecule has 0 aliphatic heterocycles. The summed E-state index contributed by atoms with van der Waals surface area (Å²) >= 11 is 1.81. The van der Waals surface area contributed by atoms with Crippen molar-refractivity contribution in [2.45, 2.75) is 13.0 Å². The number of anilines is 2. The van der Waals surface area contributed by atoms with E-state index in [1.165, 1.54) is 0 Å². The lowest BCUT2D eigenvalue weighted by atomic mass is 10.3. The van der Waals surface area contributed by atoms with Crippen LogP contribution in [0.25, 0.3) is 0 Å². The van der Waals surface area contributed by atoms with Crippen LogP contribution in [-0.4, -0.2) is 35.1 Å². The molecule has 1 heterocycles. The zero-order valence-corrected chi connectivity index (χ0v) is 9.58. The van der Waals surface area contributed by atoms with Crippen molar-refractivity contribution in [3.8, 4) is 0 Å². The molecule has 1 aromatic heterocycles. The molecule has 0 saturated carbocycles. The molecule has 0 aromatic carbocycles. The van der Waals surface area contributed by atoms with E-state index in [1.807, 2.05) is 18.8 Å². The van der Waals surface area contributed by atoms with Crippen LogP contribution in [0.2, 0.25) is 0 Å². The summed E-state index contributed by atoms with van der Waals surface area (Å²) in [7, 11) is 1.99. The van der Waals surface area contributed by atoms with Crippen LogP contribution in [0.3, 0.4) is 0 Å². The number of nitrogen functional groups attached to an aromatic ring is 1. The van der Waals surface area contributed by atoms with E-state index in [2.05, 4.69) is 28.0 Å². The maximum atomic E-state index is 5.51. The molecule has 0 bridgehead atoms. The highest BCUT2D eigenvalue weighted by atomic mass is 32.2. The van der Waals surface area contributed by atoms with Gasteiger partial charge >= 0.3 is 0 Å². The molecule has 0 fully saturated rings. The fourth-order valence-electron chi connectivity index (χ4n) is 1.06. The highest BCUT2D eigenvalue weighted by Crippen LogP contribution is 2.11. The zero-order valence-electron chi connectivity index (χ0n) is 8.77. The number of hydrogen-bond acceptors (Lipinski definition) is 5. The lowest BCUT2D eigenvalue weighted by molar-refractivity contribution is 0.739. The standard InChI is InChI=1S/C9H16N4S/c1-7(6-14-3)13(2)9-11-4-8(10)5-12-9/h4-5,7H,6,10H2,1-3H3. The van der Waals surface area contributed by atoms with Gasteiger partial charge in [-0.05, 0) is 13.2 Å². The minimum atomic E-state index is 0.425. The van der Waals surface area contributed by atoms with Gasteiger partial charge in [0, 0.05) is 18.8 Å². The maximum Gasteiger partial charge on any atom is 0.225 e. The normalized spacial score (nSPS) is 12.5. The van der Waals surface area contributed by atoms with Gasteiger partial charge in [0.25, 0.3) is 0 Å². The number of thioether (sulfide) groups is 1. The molecule has 0 aliphatic carbocycles. The van der Waals surface area contributed by atoms with E-state index in [0.29, 0.717) is 11.7 Å². The largest absolute Gasteiger partial charge is 0.396 e. The van der Waals surface area contributed by atoms with Crippen LogP contribution in [-0.2, 0) is 0 Å². The summed E-state index contributed by atoms with van der Waals surface area (Å²) in [6, 6.07) is 0.425. The first-order valence-corrected chi connectivity index (χ1v) is 5.84. The highest BCUT2D eigenvalue weighted by molar-refractivity contribution is 7.98. The summed E-state index contributed by atoms with van der Waals surface area (Å²) in [6.45, 7) is 2.15. The van der Waals surface area contributed by atoms with E-state index in [9.17, 15) is 0 Å². The molecule has 1 aromatic rings. The summed E-state index contributed by atoms with van der Waals surface area (Å²) in [5.74, 6) is 1.78. The van der Waals surface area contributed by atoms with Crippen molar-refractivity contribution in [1.29, 1.82) is 0 Å². The maximum absolute atomic E-state index is 5.51. The molecule has 78 valence electrons. The predicted molar refractivity (Wildman–Crippen MR) is 62.7 cm³/mol. The molecule has 1 atom stereocenters. The Hall–Kier alpha value is -0.970. The summed E-state index contributed by atoms with van der Waals surface area (Å²) < 4.78 is 0. The van der Waals surface area contributed by atoms with Gasteiger partial charge in [-0.1, -0.05) is 0 Å². The number of nitrogens with two attached hydrogens (primary N) is 1. The van der Waals surface area contributed by atoms with Gasteiger partial charge in [0.05, 0.1) is 18.1 Å². The van der Waals surface area contributed by atoms with Crippen LogP contribution in [0.5, 0.6) is 0 Å². The Morgan fingerprint density at radius 3 is 2.57 bits per heavy atom. The molecule has 0 radical (unpaired) electrons. The van der Waals surface area contributed by atoms with Crippen molar-refractivity contribution in [3.05, 3.63) is 12.4 Å². The van der Waals surface area contributed by atoms with Crippen molar-refractivity contribution >= 4 is 23.4 Å². The molecular weight excluding hydrogens is 196 g/mol. The third-order valence-corrected chi connectivity index (χ3v) is 2.86. The van der Waals surface area contributed by atoms with Crippen LogP contribution >= 0.6 is 11.8 Å². The van der Waals surface area contributed by atoms with Crippen molar-refractivity contribution in [2.24, 2.45) is 0 Å². The molecule has 4 nitrogen and oxygen atoms in total. The summed E-state index contributed by atoms with van der Waals surface area (Å²) in [4.78, 5) is 10.4. The second kappa shape index (κ2) is 5.05. The van der Waals surface area contributed by atoms with Gasteiger partial charge < -0.3 is 10.6 Å². The first kappa shape index (κ1) is 11.1. The van der Waals surface area contributed by atoms with E-state index in [0.717, 1.165) is 11.7 Å². The predicted octanol–water partition coefficient (Wildman–Crippen LogP) is 1.25. The number of nitrogens with zero attached hydrogens (tertiary/aromatic N) is 3. The average molecular weight is 212 g/mol. The Morgan fingerprint density at radius 2 is 2.07 bits per heavy atom. The van der Waals surface area contributed by atoms with E-state index in [-0.39, 0.29) is 0 Å². The zero-order chi connectivity index (χ0) is 10.6. The number of hydrogen-bond donors (Lipinski definition) is 1. The monoisotopic (exact) mass is 212 g/mol. The smallest absolute Gasteiger partial charge is 0.225 e. The quantitative estimate of drug-likeness (QED) is 0.814. The Kier molecular flexibility index (Phi) is 4.00. The number of aromatic nitrogens is 2. The van der Waals surface area contributed by atoms with Gasteiger partial charge in [-0.2, -0.15) is 11.8 Å². The number of rotatable bonds is 4. The second-order valence-corrected chi connectivity index (χ2v) is 4.14. The fraction of sp³-hybridized carbons (Fsp3) is 0.556. The van der Waals surface area contributed by atoms with Gasteiger partial charge in [0.1, 0.15) is 0 Å². The van der Waals surface area contributed by atoms with Gasteiger partial charge in [-0.25, -0.2) is 9.97 Å². The van der Waals surface area contributed by atoms with Crippen molar-refractivity contribution in [3.63, 3.8) is 0 Å². The highest BCUT2D eigenvalue weighted by Gasteiger charge is 2.10. The SMILES string of the molecule is CSCC(C)N(C)c1ncc(N)cn1. The second-order valence-electron chi connectivity index (χ2n) is 3.23. The molecule has 14 heavy (non-hydrogen) atoms. The summed E-state index contributed by atoms with van der Waals surface area (Å²) in [5.41, 5.74) is 6.11. The fourth-order valence-corrected chi connectivity index (χ4v) is 1.77. The average Bonchev–Trinajstić information content (AvgIpc) is 2.18. The molecule has 0 aliphatic rings. The van der Waals surface area contributed by atoms with Crippen molar-refractivity contribution < 1.29 is 0 Å². The van der Waals surface area contributed by atoms with Gasteiger partial charge in [0.15, 0.2) is 0 Å². The third-order valence-electron chi connectivity index (χ3n) is 2.04. The van der Waals surface area contributed by atoms with E-state index >= 15 is 0 Å². The summed E-state index contributed by atoms with van der Waals surface area (Å²) in [6.07, 6.45) is 5.35. The van der Waals surface area contributed by atoms with Crippen LogP contribution in [0.1, 0.15) is 6.92 Å². The van der Waals surface area contributed by atoms with Crippen LogP contribution < -0.4 is 10.6 Å². The van der Waals surface area contributed by atoms with Gasteiger partial charge in [-0.3, -0.25) is 0 Å². The molecule has 0 amide bonds. The van der Waals surface area contributed by atoms with Crippen molar-refractivity contribution in [1.82, 2.24) is 9.97 Å². The van der Waals surface area contributed by atoms with Crippen LogP contribution in [0.15, 0.2) is 12.4 Å². The van der Waals surface area contributed by atoms with Gasteiger partial charge in [0.2, 0.25) is 5.95 Å². The molecule has 2 N–H and O–H groups in total. The minimum absolute atomic E-state index is 0.425. The molecule has 0 saturated heterocycles. The molecule has 1 unspecified atom stereocenters. The van der Waals surface area contributed by atoms with Crippen molar-refractivity contribution in [2.75, 3.05) is 29.7 Å². The summed E-state index contributed by atoms with van der Waals surface area (Å²) in [5, 5.41) is 0. The molecule has 1 rings (SSSR count).